The lowest BCUT2D eigenvalue weighted by atomic mass is 10.2. The van der Waals surface area contributed by atoms with E-state index in [4.69, 9.17) is 0 Å². The summed E-state index contributed by atoms with van der Waals surface area (Å²) in [4.78, 5) is 23.1. The summed E-state index contributed by atoms with van der Waals surface area (Å²) < 4.78 is 0.810. The van der Waals surface area contributed by atoms with Gasteiger partial charge >= 0.3 is 0 Å². The third-order valence-electron chi connectivity index (χ3n) is 2.89. The Balaban J connectivity index is 1.92. The summed E-state index contributed by atoms with van der Waals surface area (Å²) in [5.41, 5.74) is 1.09. The molecule has 0 saturated heterocycles. The summed E-state index contributed by atoms with van der Waals surface area (Å²) in [6, 6.07) is 0. The summed E-state index contributed by atoms with van der Waals surface area (Å²) in [7, 11) is 0. The van der Waals surface area contributed by atoms with E-state index in [0.29, 0.717) is 17.3 Å². The van der Waals surface area contributed by atoms with E-state index >= 15 is 0 Å². The predicted octanol–water partition coefficient (Wildman–Crippen LogP) is 1.86. The molecular formula is C11H11BrN4O. The van der Waals surface area contributed by atoms with Crippen molar-refractivity contribution in [2.24, 2.45) is 5.92 Å². The summed E-state index contributed by atoms with van der Waals surface area (Å²) in [6.45, 7) is 0.742. The van der Waals surface area contributed by atoms with Crippen molar-refractivity contribution in [2.75, 3.05) is 6.54 Å². The zero-order chi connectivity index (χ0) is 11.8. The smallest absolute Gasteiger partial charge is 0.270 e. The number of aromatic amines is 1. The molecule has 1 amide bonds. The Morgan fingerprint density at radius 2 is 2.35 bits per heavy atom. The summed E-state index contributed by atoms with van der Waals surface area (Å²) in [5, 5.41) is 3.64. The van der Waals surface area contributed by atoms with Crippen LogP contribution in [0.2, 0.25) is 0 Å². The number of nitrogens with one attached hydrogen (secondary N) is 2. The second-order valence-corrected chi connectivity index (χ2v) is 5.09. The maximum atomic E-state index is 12.0. The number of halogens is 1. The maximum absolute atomic E-state index is 12.0. The number of amides is 1. The van der Waals surface area contributed by atoms with Crippen LogP contribution in [-0.4, -0.2) is 27.4 Å². The fourth-order valence-corrected chi connectivity index (χ4v) is 2.23. The average molecular weight is 295 g/mol. The van der Waals surface area contributed by atoms with Crippen LogP contribution < -0.4 is 5.32 Å². The number of carbonyl (C=O) groups excluding carboxylic acids is 1. The third-order valence-corrected chi connectivity index (χ3v) is 3.51. The lowest BCUT2D eigenvalue weighted by Gasteiger charge is -2.04. The van der Waals surface area contributed by atoms with E-state index in [9.17, 15) is 4.79 Å². The van der Waals surface area contributed by atoms with Gasteiger partial charge in [-0.15, -0.1) is 0 Å². The van der Waals surface area contributed by atoms with Gasteiger partial charge in [0.15, 0.2) is 0 Å². The highest BCUT2D eigenvalue weighted by Gasteiger charge is 2.23. The van der Waals surface area contributed by atoms with Crippen LogP contribution in [-0.2, 0) is 0 Å². The first-order valence-electron chi connectivity index (χ1n) is 5.51. The van der Waals surface area contributed by atoms with Crippen molar-refractivity contribution in [1.82, 2.24) is 20.3 Å². The van der Waals surface area contributed by atoms with Gasteiger partial charge in [0.25, 0.3) is 5.91 Å². The van der Waals surface area contributed by atoms with Crippen molar-refractivity contribution in [3.63, 3.8) is 0 Å². The molecule has 17 heavy (non-hydrogen) atoms. The highest BCUT2D eigenvalue weighted by atomic mass is 79.9. The number of rotatable bonds is 3. The first-order chi connectivity index (χ1) is 8.25. The number of nitrogens with zero attached hydrogens (tertiary/aromatic N) is 2. The first-order valence-corrected chi connectivity index (χ1v) is 6.31. The minimum atomic E-state index is -0.135. The molecule has 0 aliphatic heterocycles. The van der Waals surface area contributed by atoms with Crippen LogP contribution in [0.1, 0.15) is 23.3 Å². The van der Waals surface area contributed by atoms with Gasteiger partial charge < -0.3 is 10.3 Å². The van der Waals surface area contributed by atoms with Crippen LogP contribution in [0.15, 0.2) is 17.0 Å². The number of hydrogen-bond acceptors (Lipinski definition) is 3. The Morgan fingerprint density at radius 1 is 1.53 bits per heavy atom. The first kappa shape index (κ1) is 10.7. The van der Waals surface area contributed by atoms with Gasteiger partial charge in [-0.3, -0.25) is 4.79 Å². The zero-order valence-corrected chi connectivity index (χ0v) is 10.6. The summed E-state index contributed by atoms with van der Waals surface area (Å²) in [6.07, 6.45) is 5.59. The van der Waals surface area contributed by atoms with Crippen molar-refractivity contribution < 1.29 is 4.79 Å². The van der Waals surface area contributed by atoms with E-state index in [2.05, 4.69) is 36.2 Å². The van der Waals surface area contributed by atoms with E-state index in [-0.39, 0.29) is 5.91 Å². The Hall–Kier alpha value is -1.43. The Bertz CT molecular complexity index is 576. The van der Waals surface area contributed by atoms with Crippen LogP contribution in [0.5, 0.6) is 0 Å². The predicted molar refractivity (Wildman–Crippen MR) is 66.6 cm³/mol. The van der Waals surface area contributed by atoms with Gasteiger partial charge in [-0.2, -0.15) is 0 Å². The van der Waals surface area contributed by atoms with E-state index in [0.717, 1.165) is 16.4 Å². The molecule has 0 spiro atoms. The number of carbonyl (C=O) groups is 1. The SMILES string of the molecule is O=C(NCC1CC1)c1ncnc2[nH]cc(Br)c12. The molecule has 1 saturated carbocycles. The van der Waals surface area contributed by atoms with Crippen LogP contribution in [0.4, 0.5) is 0 Å². The minimum Gasteiger partial charge on any atom is -0.350 e. The van der Waals surface area contributed by atoms with Gasteiger partial charge in [-0.05, 0) is 34.7 Å². The molecule has 0 atom stereocenters. The topological polar surface area (TPSA) is 70.7 Å². The van der Waals surface area contributed by atoms with Gasteiger partial charge in [0.1, 0.15) is 17.7 Å². The average Bonchev–Trinajstić information content (AvgIpc) is 3.10. The van der Waals surface area contributed by atoms with Gasteiger partial charge in [0.2, 0.25) is 0 Å². The van der Waals surface area contributed by atoms with Crippen molar-refractivity contribution in [3.05, 3.63) is 22.7 Å². The number of aromatic nitrogens is 3. The summed E-state index contributed by atoms with van der Waals surface area (Å²) >= 11 is 3.39. The normalized spacial score (nSPS) is 15.1. The molecule has 6 heteroatoms. The highest BCUT2D eigenvalue weighted by molar-refractivity contribution is 9.10. The molecule has 2 heterocycles. The molecule has 2 aromatic heterocycles. The van der Waals surface area contributed by atoms with Gasteiger partial charge in [-0.1, -0.05) is 0 Å². The van der Waals surface area contributed by atoms with Gasteiger partial charge in [0, 0.05) is 17.2 Å². The molecule has 0 bridgehead atoms. The molecular weight excluding hydrogens is 284 g/mol. The van der Waals surface area contributed by atoms with Crippen molar-refractivity contribution in [3.8, 4) is 0 Å². The van der Waals surface area contributed by atoms with E-state index < -0.39 is 0 Å². The van der Waals surface area contributed by atoms with Crippen molar-refractivity contribution >= 4 is 32.9 Å². The van der Waals surface area contributed by atoms with Crippen LogP contribution in [0.25, 0.3) is 11.0 Å². The molecule has 2 aromatic rings. The largest absolute Gasteiger partial charge is 0.350 e. The van der Waals surface area contributed by atoms with Crippen LogP contribution in [0, 0.1) is 5.92 Å². The molecule has 0 unspecified atom stereocenters. The molecule has 2 N–H and O–H groups in total. The molecule has 88 valence electrons. The van der Waals surface area contributed by atoms with Crippen LogP contribution >= 0.6 is 15.9 Å². The molecule has 1 aliphatic rings. The van der Waals surface area contributed by atoms with E-state index in [1.165, 1.54) is 19.2 Å². The minimum absolute atomic E-state index is 0.135. The second kappa shape index (κ2) is 4.10. The number of H-pyrrole nitrogens is 1. The van der Waals surface area contributed by atoms with Gasteiger partial charge in [-0.25, -0.2) is 9.97 Å². The second-order valence-electron chi connectivity index (χ2n) is 4.24. The lowest BCUT2D eigenvalue weighted by Crippen LogP contribution is -2.26. The quantitative estimate of drug-likeness (QED) is 0.908. The van der Waals surface area contributed by atoms with E-state index in [1.807, 2.05) is 0 Å². The highest BCUT2D eigenvalue weighted by Crippen LogP contribution is 2.28. The molecule has 0 aromatic carbocycles. The van der Waals surface area contributed by atoms with Crippen LogP contribution in [0.3, 0.4) is 0 Å². The molecule has 3 rings (SSSR count). The third kappa shape index (κ3) is 2.04. The summed E-state index contributed by atoms with van der Waals surface area (Å²) in [5.74, 6) is 0.524. The standard InChI is InChI=1S/C11H11BrN4O/c12-7-4-13-10-8(7)9(15-5-16-10)11(17)14-3-6-1-2-6/h4-6H,1-3H2,(H,14,17)(H,13,15,16). The van der Waals surface area contributed by atoms with Crippen molar-refractivity contribution in [1.29, 1.82) is 0 Å². The number of fused-ring (bicyclic) bond motifs is 1. The maximum Gasteiger partial charge on any atom is 0.270 e. The van der Waals surface area contributed by atoms with Crippen molar-refractivity contribution in [2.45, 2.75) is 12.8 Å². The molecule has 5 nitrogen and oxygen atoms in total. The monoisotopic (exact) mass is 294 g/mol. The number of hydrogen-bond donors (Lipinski definition) is 2. The Morgan fingerprint density at radius 3 is 3.12 bits per heavy atom. The zero-order valence-electron chi connectivity index (χ0n) is 9.03. The molecule has 1 aliphatic carbocycles. The Kier molecular flexibility index (Phi) is 2.58. The fourth-order valence-electron chi connectivity index (χ4n) is 1.74. The Labute approximate surface area is 106 Å². The fraction of sp³-hybridized carbons (Fsp3) is 0.364. The molecule has 0 radical (unpaired) electrons. The molecule has 1 fully saturated rings. The lowest BCUT2D eigenvalue weighted by molar-refractivity contribution is 0.0948. The van der Waals surface area contributed by atoms with E-state index in [1.54, 1.807) is 6.20 Å². The van der Waals surface area contributed by atoms with Gasteiger partial charge in [0.05, 0.1) is 5.39 Å².